The minimum Gasteiger partial charge on any atom is -0.249 e. The van der Waals surface area contributed by atoms with Crippen LogP contribution in [0.25, 0.3) is 0 Å². The summed E-state index contributed by atoms with van der Waals surface area (Å²) in [4.78, 5) is -0.0461. The van der Waals surface area contributed by atoms with Crippen LogP contribution < -0.4 is 0 Å². The highest BCUT2D eigenvalue weighted by Gasteiger charge is 2.27. The minimum absolute atomic E-state index is 0.0461. The quantitative estimate of drug-likeness (QED) is 0.783. The third kappa shape index (κ3) is 2.95. The molecule has 0 N–H and O–H groups in total. The molecule has 0 aliphatic carbocycles. The van der Waals surface area contributed by atoms with E-state index in [-0.39, 0.29) is 16.1 Å². The Bertz CT molecular complexity index is 493. The van der Waals surface area contributed by atoms with E-state index in [1.165, 1.54) is 0 Å². The molecule has 0 fully saturated rings. The van der Waals surface area contributed by atoms with Crippen molar-refractivity contribution in [2.45, 2.75) is 51.0 Å². The lowest BCUT2D eigenvalue weighted by Crippen LogP contribution is -2.09. The average Bonchev–Trinajstić information content (AvgIpc) is 2.57. The molecule has 17 heavy (non-hydrogen) atoms. The molecule has 0 aliphatic rings. The van der Waals surface area contributed by atoms with Crippen LogP contribution in [-0.4, -0.2) is 18.2 Å². The van der Waals surface area contributed by atoms with Crippen molar-refractivity contribution in [3.8, 4) is 0 Å². The van der Waals surface area contributed by atoms with Gasteiger partial charge in [-0.2, -0.15) is 5.10 Å². The van der Waals surface area contributed by atoms with Crippen molar-refractivity contribution in [2.75, 3.05) is 0 Å². The number of halogens is 2. The maximum Gasteiger partial charge on any atom is 0.266 e. The van der Waals surface area contributed by atoms with E-state index in [1.54, 1.807) is 4.68 Å². The molecule has 1 rings (SSSR count). The number of nitrogens with zero attached hydrogens (tertiary/aromatic N) is 2. The summed E-state index contributed by atoms with van der Waals surface area (Å²) in [6, 6.07) is 0.0972. The van der Waals surface area contributed by atoms with Crippen LogP contribution in [0.4, 0.5) is 0 Å². The van der Waals surface area contributed by atoms with Crippen LogP contribution in [0, 0.1) is 0 Å². The van der Waals surface area contributed by atoms with E-state index in [9.17, 15) is 8.42 Å². The molecule has 98 valence electrons. The van der Waals surface area contributed by atoms with Crippen LogP contribution in [0.15, 0.2) is 4.90 Å². The van der Waals surface area contributed by atoms with E-state index in [0.717, 1.165) is 12.8 Å². The second kappa shape index (κ2) is 5.59. The highest BCUT2D eigenvalue weighted by atomic mass is 35.7. The Hall–Kier alpha value is -0.260. The Morgan fingerprint density at radius 3 is 2.12 bits per heavy atom. The largest absolute Gasteiger partial charge is 0.266 e. The summed E-state index contributed by atoms with van der Waals surface area (Å²) in [5, 5.41) is 4.37. The summed E-state index contributed by atoms with van der Waals surface area (Å²) in [5.41, 5.74) is 0.428. The molecule has 0 atom stereocenters. The molecule has 4 nitrogen and oxygen atoms in total. The van der Waals surface area contributed by atoms with Gasteiger partial charge in [-0.3, -0.25) is 0 Å². The maximum atomic E-state index is 11.5. The Morgan fingerprint density at radius 2 is 1.82 bits per heavy atom. The lowest BCUT2D eigenvalue weighted by atomic mass is 10.2. The van der Waals surface area contributed by atoms with Gasteiger partial charge in [0, 0.05) is 10.7 Å². The minimum atomic E-state index is -3.85. The van der Waals surface area contributed by atoms with Gasteiger partial charge in [0.1, 0.15) is 10.0 Å². The highest BCUT2D eigenvalue weighted by molar-refractivity contribution is 8.13. The lowest BCUT2D eigenvalue weighted by molar-refractivity contribution is 0.426. The summed E-state index contributed by atoms with van der Waals surface area (Å²) in [6.45, 7) is 5.83. The first-order valence-corrected chi connectivity index (χ1v) is 8.26. The lowest BCUT2D eigenvalue weighted by Gasteiger charge is -2.13. The van der Waals surface area contributed by atoms with Crippen molar-refractivity contribution in [1.82, 2.24) is 9.78 Å². The first kappa shape index (κ1) is 14.8. The highest BCUT2D eigenvalue weighted by Crippen LogP contribution is 2.32. The molecule has 0 radical (unpaired) electrons. The molecule has 0 saturated heterocycles. The molecule has 0 bridgehead atoms. The van der Waals surface area contributed by atoms with Gasteiger partial charge in [0.25, 0.3) is 9.05 Å². The molecule has 0 aromatic carbocycles. The van der Waals surface area contributed by atoms with E-state index >= 15 is 0 Å². The van der Waals surface area contributed by atoms with Gasteiger partial charge in [0.2, 0.25) is 0 Å². The summed E-state index contributed by atoms with van der Waals surface area (Å²) < 4.78 is 24.5. The van der Waals surface area contributed by atoms with E-state index in [1.807, 2.05) is 20.8 Å². The number of aryl methyl sites for hydroxylation is 1. The fourth-order valence-electron chi connectivity index (χ4n) is 1.79. The second-order valence-corrected chi connectivity index (χ2v) is 6.63. The van der Waals surface area contributed by atoms with Crippen LogP contribution in [0.2, 0.25) is 5.15 Å². The zero-order valence-corrected chi connectivity index (χ0v) is 12.4. The Kier molecular flexibility index (Phi) is 4.86. The molecule has 0 saturated carbocycles. The molecule has 0 amide bonds. The van der Waals surface area contributed by atoms with E-state index in [2.05, 4.69) is 5.10 Å². The zero-order chi connectivity index (χ0) is 13.2. The monoisotopic (exact) mass is 298 g/mol. The maximum absolute atomic E-state index is 11.5. The van der Waals surface area contributed by atoms with Crippen LogP contribution >= 0.6 is 22.3 Å². The average molecular weight is 299 g/mol. The Labute approximate surface area is 111 Å². The topological polar surface area (TPSA) is 52.0 Å². The summed E-state index contributed by atoms with van der Waals surface area (Å²) in [7, 11) is 1.54. The second-order valence-electron chi connectivity index (χ2n) is 3.77. The smallest absolute Gasteiger partial charge is 0.249 e. The molecule has 7 heteroatoms. The Morgan fingerprint density at radius 1 is 1.29 bits per heavy atom. The molecule has 1 aromatic heterocycles. The predicted molar refractivity (Wildman–Crippen MR) is 69.3 cm³/mol. The molecule has 0 spiro atoms. The fraction of sp³-hybridized carbons (Fsp3) is 0.700. The van der Waals surface area contributed by atoms with Gasteiger partial charge in [-0.05, 0) is 19.3 Å². The zero-order valence-electron chi connectivity index (χ0n) is 10.1. The van der Waals surface area contributed by atoms with Crippen LogP contribution in [0.1, 0.15) is 45.3 Å². The Balaban J connectivity index is 3.43. The number of aromatic nitrogens is 2. The van der Waals surface area contributed by atoms with Gasteiger partial charge < -0.3 is 0 Å². The summed E-state index contributed by atoms with van der Waals surface area (Å²) in [6.07, 6.45) is 2.15. The molecular weight excluding hydrogens is 283 g/mol. The predicted octanol–water partition coefficient (Wildman–Crippen LogP) is 3.39. The molecule has 0 aliphatic heterocycles. The third-order valence-corrected chi connectivity index (χ3v) is 4.60. The van der Waals surface area contributed by atoms with Crippen LogP contribution in [-0.2, 0) is 15.5 Å². The van der Waals surface area contributed by atoms with Crippen molar-refractivity contribution in [3.63, 3.8) is 0 Å². The number of rotatable bonds is 5. The van der Waals surface area contributed by atoms with Crippen molar-refractivity contribution < 1.29 is 8.42 Å². The third-order valence-electron chi connectivity index (χ3n) is 2.75. The number of hydrogen-bond donors (Lipinski definition) is 0. The van der Waals surface area contributed by atoms with Crippen LogP contribution in [0.5, 0.6) is 0 Å². The van der Waals surface area contributed by atoms with Gasteiger partial charge in [-0.25, -0.2) is 13.1 Å². The molecule has 1 aromatic rings. The van der Waals surface area contributed by atoms with Gasteiger partial charge >= 0.3 is 0 Å². The van der Waals surface area contributed by atoms with Gasteiger partial charge in [-0.1, -0.05) is 32.4 Å². The molecule has 1 heterocycles. The van der Waals surface area contributed by atoms with Crippen LogP contribution in [0.3, 0.4) is 0 Å². The molecule has 0 unspecified atom stereocenters. The normalized spacial score (nSPS) is 12.4. The first-order valence-electron chi connectivity index (χ1n) is 5.58. The van der Waals surface area contributed by atoms with Crippen molar-refractivity contribution in [3.05, 3.63) is 10.8 Å². The first-order chi connectivity index (χ1) is 7.86. The SMILES string of the molecule is CCc1nn(C(CC)CC)c(Cl)c1S(=O)(=O)Cl. The number of hydrogen-bond acceptors (Lipinski definition) is 3. The van der Waals surface area contributed by atoms with Gasteiger partial charge in [-0.15, -0.1) is 0 Å². The van der Waals surface area contributed by atoms with E-state index in [0.29, 0.717) is 12.1 Å². The van der Waals surface area contributed by atoms with Crippen molar-refractivity contribution >= 4 is 31.3 Å². The molecular formula is C10H16Cl2N2O2S. The summed E-state index contributed by atoms with van der Waals surface area (Å²) in [5.74, 6) is 0. The van der Waals surface area contributed by atoms with Gasteiger partial charge in [0.05, 0.1) is 11.7 Å². The standard InChI is InChI=1S/C10H16Cl2N2O2S/c1-4-7(5-2)14-10(11)9(17(12,15)16)8(6-3)13-14/h7H,4-6H2,1-3H3. The van der Waals surface area contributed by atoms with E-state index < -0.39 is 9.05 Å². The van der Waals surface area contributed by atoms with E-state index in [4.69, 9.17) is 22.3 Å². The fourth-order valence-corrected chi connectivity index (χ4v) is 3.75. The van der Waals surface area contributed by atoms with Crippen molar-refractivity contribution in [2.24, 2.45) is 0 Å². The van der Waals surface area contributed by atoms with Gasteiger partial charge in [0.15, 0.2) is 0 Å². The summed E-state index contributed by atoms with van der Waals surface area (Å²) >= 11 is 6.08. The van der Waals surface area contributed by atoms with Crippen molar-refractivity contribution in [1.29, 1.82) is 0 Å².